The third-order valence-corrected chi connectivity index (χ3v) is 5.00. The standard InChI is InChI=1S/C14H23N3O2S/c1-10-6-7-12(20(16,18)19)8-14(10)17-13-5-3-2-4-11(13)9-15/h6-8,11,13,17H,2-5,9,15H2,1H3,(H2,16,18,19). The maximum absolute atomic E-state index is 11.4. The van der Waals surface area contributed by atoms with Crippen molar-refractivity contribution in [3.05, 3.63) is 23.8 Å². The molecule has 0 aromatic heterocycles. The molecule has 0 saturated heterocycles. The molecule has 1 aromatic carbocycles. The lowest BCUT2D eigenvalue weighted by molar-refractivity contribution is 0.332. The summed E-state index contributed by atoms with van der Waals surface area (Å²) in [7, 11) is -3.67. The van der Waals surface area contributed by atoms with E-state index >= 15 is 0 Å². The van der Waals surface area contributed by atoms with Crippen molar-refractivity contribution in [2.75, 3.05) is 11.9 Å². The molecule has 1 fully saturated rings. The van der Waals surface area contributed by atoms with E-state index in [4.69, 9.17) is 10.9 Å². The van der Waals surface area contributed by atoms with Crippen molar-refractivity contribution >= 4 is 15.7 Å². The van der Waals surface area contributed by atoms with Gasteiger partial charge in [-0.2, -0.15) is 0 Å². The number of sulfonamides is 1. The van der Waals surface area contributed by atoms with Crippen molar-refractivity contribution in [1.29, 1.82) is 0 Å². The van der Waals surface area contributed by atoms with Crippen LogP contribution in [-0.4, -0.2) is 21.0 Å². The third-order valence-electron chi connectivity index (χ3n) is 4.09. The first kappa shape index (κ1) is 15.3. The van der Waals surface area contributed by atoms with Gasteiger partial charge in [0.15, 0.2) is 0 Å². The molecule has 1 aromatic rings. The number of anilines is 1. The maximum atomic E-state index is 11.4. The number of hydrogen-bond donors (Lipinski definition) is 3. The highest BCUT2D eigenvalue weighted by molar-refractivity contribution is 7.89. The Hall–Kier alpha value is -1.11. The highest BCUT2D eigenvalue weighted by Gasteiger charge is 2.24. The van der Waals surface area contributed by atoms with Gasteiger partial charge in [-0.05, 0) is 49.9 Å². The first-order valence-corrected chi connectivity index (χ1v) is 8.56. The van der Waals surface area contributed by atoms with Crippen LogP contribution in [0.15, 0.2) is 23.1 Å². The van der Waals surface area contributed by atoms with Crippen LogP contribution in [0.1, 0.15) is 31.2 Å². The van der Waals surface area contributed by atoms with E-state index in [1.165, 1.54) is 18.9 Å². The summed E-state index contributed by atoms with van der Waals surface area (Å²) in [6, 6.07) is 5.25. The molecule has 0 amide bonds. The molecule has 0 radical (unpaired) electrons. The summed E-state index contributed by atoms with van der Waals surface area (Å²) in [6.45, 7) is 2.61. The van der Waals surface area contributed by atoms with Gasteiger partial charge in [-0.1, -0.05) is 18.9 Å². The lowest BCUT2D eigenvalue weighted by atomic mass is 9.84. The third kappa shape index (κ3) is 3.50. The molecule has 6 heteroatoms. The molecule has 0 aliphatic heterocycles. The minimum atomic E-state index is -3.67. The monoisotopic (exact) mass is 297 g/mol. The van der Waals surface area contributed by atoms with Crippen molar-refractivity contribution in [1.82, 2.24) is 0 Å². The first-order chi connectivity index (χ1) is 9.41. The van der Waals surface area contributed by atoms with Crippen molar-refractivity contribution in [3.8, 4) is 0 Å². The van der Waals surface area contributed by atoms with Gasteiger partial charge in [-0.15, -0.1) is 0 Å². The van der Waals surface area contributed by atoms with Crippen molar-refractivity contribution in [2.45, 2.75) is 43.5 Å². The fourth-order valence-corrected chi connectivity index (χ4v) is 3.35. The van der Waals surface area contributed by atoms with E-state index in [0.717, 1.165) is 24.1 Å². The summed E-state index contributed by atoms with van der Waals surface area (Å²) in [4.78, 5) is 0.144. The lowest BCUT2D eigenvalue weighted by Gasteiger charge is -2.32. The fraction of sp³-hybridized carbons (Fsp3) is 0.571. The largest absolute Gasteiger partial charge is 0.382 e. The van der Waals surface area contributed by atoms with Gasteiger partial charge in [0.05, 0.1) is 4.90 Å². The SMILES string of the molecule is Cc1ccc(S(N)(=O)=O)cc1NC1CCCCC1CN. The quantitative estimate of drug-likeness (QED) is 0.785. The second-order valence-electron chi connectivity index (χ2n) is 5.55. The van der Waals surface area contributed by atoms with Gasteiger partial charge in [0.1, 0.15) is 0 Å². The minimum absolute atomic E-state index is 0.144. The van der Waals surface area contributed by atoms with Gasteiger partial charge in [0.25, 0.3) is 0 Å². The Morgan fingerprint density at radius 2 is 2.00 bits per heavy atom. The van der Waals surface area contributed by atoms with E-state index in [9.17, 15) is 8.42 Å². The Kier molecular flexibility index (Phi) is 4.67. The summed E-state index contributed by atoms with van der Waals surface area (Å²) >= 11 is 0. The van der Waals surface area contributed by atoms with Crippen LogP contribution in [0.3, 0.4) is 0 Å². The van der Waals surface area contributed by atoms with Crippen LogP contribution in [0.2, 0.25) is 0 Å². The number of primary sulfonamides is 1. The zero-order valence-corrected chi connectivity index (χ0v) is 12.6. The van der Waals surface area contributed by atoms with Gasteiger partial charge in [0, 0.05) is 11.7 Å². The number of nitrogens with one attached hydrogen (secondary N) is 1. The van der Waals surface area contributed by atoms with Gasteiger partial charge in [-0.3, -0.25) is 0 Å². The lowest BCUT2D eigenvalue weighted by Crippen LogP contribution is -2.36. The van der Waals surface area contributed by atoms with Gasteiger partial charge >= 0.3 is 0 Å². The van der Waals surface area contributed by atoms with Crippen molar-refractivity contribution < 1.29 is 8.42 Å². The van der Waals surface area contributed by atoms with Crippen molar-refractivity contribution in [2.24, 2.45) is 16.8 Å². The molecular weight excluding hydrogens is 274 g/mol. The van der Waals surface area contributed by atoms with E-state index < -0.39 is 10.0 Å². The predicted octanol–water partition coefficient (Wildman–Crippen LogP) is 1.57. The summed E-state index contributed by atoms with van der Waals surface area (Å²) in [6.07, 6.45) is 4.60. The highest BCUT2D eigenvalue weighted by atomic mass is 32.2. The molecule has 2 rings (SSSR count). The van der Waals surface area contributed by atoms with E-state index in [-0.39, 0.29) is 4.90 Å². The Bertz CT molecular complexity index is 572. The minimum Gasteiger partial charge on any atom is -0.382 e. The molecule has 5 N–H and O–H groups in total. The Balaban J connectivity index is 2.24. The van der Waals surface area contributed by atoms with Gasteiger partial charge < -0.3 is 11.1 Å². The Labute approximate surface area is 120 Å². The molecular formula is C14H23N3O2S. The van der Waals surface area contributed by atoms with E-state index in [1.54, 1.807) is 12.1 Å². The number of benzene rings is 1. The summed E-state index contributed by atoms with van der Waals surface area (Å²) in [5, 5.41) is 8.65. The van der Waals surface area contributed by atoms with Crippen LogP contribution in [0, 0.1) is 12.8 Å². The summed E-state index contributed by atoms with van der Waals surface area (Å²) < 4.78 is 22.9. The average molecular weight is 297 g/mol. The van der Waals surface area contributed by atoms with Crippen LogP contribution in [0.25, 0.3) is 0 Å². The second-order valence-corrected chi connectivity index (χ2v) is 7.11. The molecule has 0 heterocycles. The van der Waals surface area contributed by atoms with Gasteiger partial charge in [0.2, 0.25) is 10.0 Å². The molecule has 5 nitrogen and oxygen atoms in total. The second kappa shape index (κ2) is 6.11. The normalized spacial score (nSPS) is 23.6. The smallest absolute Gasteiger partial charge is 0.238 e. The predicted molar refractivity (Wildman–Crippen MR) is 81.0 cm³/mol. The molecule has 20 heavy (non-hydrogen) atoms. The van der Waals surface area contributed by atoms with Crippen molar-refractivity contribution in [3.63, 3.8) is 0 Å². The molecule has 1 aliphatic carbocycles. The first-order valence-electron chi connectivity index (χ1n) is 7.02. The fourth-order valence-electron chi connectivity index (χ4n) is 2.81. The number of aryl methyl sites for hydroxylation is 1. The molecule has 2 unspecified atom stereocenters. The van der Waals surface area contributed by atoms with Crippen LogP contribution in [-0.2, 0) is 10.0 Å². The Morgan fingerprint density at radius 3 is 2.65 bits per heavy atom. The van der Waals surface area contributed by atoms with Gasteiger partial charge in [-0.25, -0.2) is 13.6 Å². The number of rotatable bonds is 4. The van der Waals surface area contributed by atoms with Crippen LogP contribution >= 0.6 is 0 Å². The van der Waals surface area contributed by atoms with E-state index in [0.29, 0.717) is 18.5 Å². The van der Waals surface area contributed by atoms with Crippen LogP contribution in [0.5, 0.6) is 0 Å². The molecule has 0 bridgehead atoms. The summed E-state index contributed by atoms with van der Waals surface area (Å²) in [5.74, 6) is 0.446. The van der Waals surface area contributed by atoms with Crippen LogP contribution in [0.4, 0.5) is 5.69 Å². The molecule has 0 spiro atoms. The van der Waals surface area contributed by atoms with E-state index in [2.05, 4.69) is 5.32 Å². The zero-order chi connectivity index (χ0) is 14.8. The number of nitrogens with two attached hydrogens (primary N) is 2. The van der Waals surface area contributed by atoms with E-state index in [1.807, 2.05) is 6.92 Å². The molecule has 112 valence electrons. The average Bonchev–Trinajstić information content (AvgIpc) is 2.40. The Morgan fingerprint density at radius 1 is 1.30 bits per heavy atom. The molecule has 1 saturated carbocycles. The molecule has 1 aliphatic rings. The topological polar surface area (TPSA) is 98.2 Å². The molecule has 2 atom stereocenters. The highest BCUT2D eigenvalue weighted by Crippen LogP contribution is 2.28. The van der Waals surface area contributed by atoms with Crippen LogP contribution < -0.4 is 16.2 Å². The zero-order valence-electron chi connectivity index (χ0n) is 11.8. The summed E-state index contributed by atoms with van der Waals surface area (Å²) in [5.41, 5.74) is 7.68. The number of hydrogen-bond acceptors (Lipinski definition) is 4. The maximum Gasteiger partial charge on any atom is 0.238 e.